The monoisotopic (exact) mass is 269 g/mol. The van der Waals surface area contributed by atoms with Crippen molar-refractivity contribution >= 4 is 11.3 Å². The second-order valence-electron chi connectivity index (χ2n) is 4.98. The summed E-state index contributed by atoms with van der Waals surface area (Å²) in [6, 6.07) is 4.24. The van der Waals surface area contributed by atoms with Crippen molar-refractivity contribution in [3.05, 3.63) is 22.4 Å². The van der Waals surface area contributed by atoms with E-state index < -0.39 is 0 Å². The Labute approximate surface area is 113 Å². The van der Waals surface area contributed by atoms with Gasteiger partial charge in [-0.25, -0.2) is 0 Å². The molecule has 1 fully saturated rings. The van der Waals surface area contributed by atoms with E-state index in [1.54, 1.807) is 11.3 Å². The van der Waals surface area contributed by atoms with Crippen LogP contribution in [0.25, 0.3) is 0 Å². The van der Waals surface area contributed by atoms with Crippen LogP contribution in [0.4, 0.5) is 0 Å². The molecule has 0 amide bonds. The second-order valence-corrected chi connectivity index (χ2v) is 6.01. The van der Waals surface area contributed by atoms with E-state index in [1.807, 2.05) is 0 Å². The largest absolute Gasteiger partial charge is 0.377 e. The van der Waals surface area contributed by atoms with E-state index in [1.165, 1.54) is 4.88 Å². The minimum absolute atomic E-state index is 0.331. The predicted molar refractivity (Wildman–Crippen MR) is 75.0 cm³/mol. The zero-order chi connectivity index (χ0) is 12.8. The third-order valence-electron chi connectivity index (χ3n) is 3.17. The van der Waals surface area contributed by atoms with Gasteiger partial charge in [-0.3, -0.25) is 0 Å². The first-order valence-corrected chi connectivity index (χ1v) is 7.62. The summed E-state index contributed by atoms with van der Waals surface area (Å²) in [4.78, 5) is 1.38. The summed E-state index contributed by atoms with van der Waals surface area (Å²) in [7, 11) is 0. The number of rotatable bonds is 6. The van der Waals surface area contributed by atoms with E-state index in [0.29, 0.717) is 18.3 Å². The van der Waals surface area contributed by atoms with Crippen molar-refractivity contribution < 1.29 is 9.47 Å². The van der Waals surface area contributed by atoms with Crippen molar-refractivity contribution in [3.8, 4) is 0 Å². The third kappa shape index (κ3) is 4.69. The number of nitrogens with one attached hydrogen (secondary N) is 1. The maximum atomic E-state index is 5.90. The highest BCUT2D eigenvalue weighted by molar-refractivity contribution is 7.09. The predicted octanol–water partition coefficient (Wildman–Crippen LogP) is 2.81. The van der Waals surface area contributed by atoms with Crippen molar-refractivity contribution in [2.45, 2.75) is 51.5 Å². The van der Waals surface area contributed by atoms with Gasteiger partial charge in [0.15, 0.2) is 0 Å². The van der Waals surface area contributed by atoms with Crippen LogP contribution in [0.3, 0.4) is 0 Å². The van der Waals surface area contributed by atoms with Gasteiger partial charge in [0.25, 0.3) is 0 Å². The molecule has 1 aliphatic heterocycles. The van der Waals surface area contributed by atoms with Gasteiger partial charge in [-0.1, -0.05) is 6.07 Å². The van der Waals surface area contributed by atoms with Gasteiger partial charge >= 0.3 is 0 Å². The fourth-order valence-corrected chi connectivity index (χ4v) is 3.08. The number of ether oxygens (including phenoxy) is 2. The van der Waals surface area contributed by atoms with Crippen molar-refractivity contribution in [2.75, 3.05) is 13.2 Å². The Morgan fingerprint density at radius 1 is 1.39 bits per heavy atom. The fraction of sp³-hybridized carbons (Fsp3) is 0.714. The van der Waals surface area contributed by atoms with Crippen LogP contribution in [0.1, 0.15) is 31.6 Å². The van der Waals surface area contributed by atoms with E-state index in [4.69, 9.17) is 9.47 Å². The molecule has 3 nitrogen and oxygen atoms in total. The molecule has 1 N–H and O–H groups in total. The van der Waals surface area contributed by atoms with E-state index in [9.17, 15) is 0 Å². The highest BCUT2D eigenvalue weighted by Crippen LogP contribution is 2.21. The summed E-state index contributed by atoms with van der Waals surface area (Å²) >= 11 is 1.79. The van der Waals surface area contributed by atoms with E-state index in [0.717, 1.165) is 32.5 Å². The van der Waals surface area contributed by atoms with Crippen LogP contribution in [0.2, 0.25) is 0 Å². The first kappa shape index (κ1) is 14.0. The quantitative estimate of drug-likeness (QED) is 0.806. The number of thiophene rings is 1. The molecule has 18 heavy (non-hydrogen) atoms. The average molecular weight is 269 g/mol. The Morgan fingerprint density at radius 2 is 2.17 bits per heavy atom. The summed E-state index contributed by atoms with van der Waals surface area (Å²) < 4.78 is 11.6. The lowest BCUT2D eigenvalue weighted by Crippen LogP contribution is -2.35. The maximum Gasteiger partial charge on any atom is 0.0625 e. The fourth-order valence-electron chi connectivity index (χ4n) is 2.40. The zero-order valence-corrected chi connectivity index (χ0v) is 12.0. The van der Waals surface area contributed by atoms with Gasteiger partial charge in [0.1, 0.15) is 0 Å². The van der Waals surface area contributed by atoms with E-state index in [2.05, 4.69) is 36.7 Å². The molecule has 2 rings (SSSR count). The first-order chi connectivity index (χ1) is 8.74. The normalized spacial score (nSPS) is 28.4. The van der Waals surface area contributed by atoms with Crippen LogP contribution in [-0.2, 0) is 16.0 Å². The Morgan fingerprint density at radius 3 is 2.83 bits per heavy atom. The average Bonchev–Trinajstić information content (AvgIpc) is 2.80. The molecule has 2 atom stereocenters. The summed E-state index contributed by atoms with van der Waals surface area (Å²) in [6.07, 6.45) is 3.08. The van der Waals surface area contributed by atoms with Crippen LogP contribution in [0.15, 0.2) is 17.5 Å². The molecular weight excluding hydrogens is 246 g/mol. The molecule has 2 unspecified atom stereocenters. The molecule has 0 aromatic carbocycles. The lowest BCUT2D eigenvalue weighted by Gasteiger charge is -2.32. The van der Waals surface area contributed by atoms with Crippen LogP contribution < -0.4 is 5.32 Å². The smallest absolute Gasteiger partial charge is 0.0625 e. The van der Waals surface area contributed by atoms with Gasteiger partial charge in [-0.15, -0.1) is 11.3 Å². The molecule has 1 aromatic rings. The Bertz CT molecular complexity index is 319. The van der Waals surface area contributed by atoms with Crippen LogP contribution in [0.5, 0.6) is 0 Å². The van der Waals surface area contributed by atoms with Gasteiger partial charge in [-0.2, -0.15) is 0 Å². The van der Waals surface area contributed by atoms with Gasteiger partial charge in [0, 0.05) is 18.0 Å². The number of hydrogen-bond acceptors (Lipinski definition) is 4. The molecule has 102 valence electrons. The zero-order valence-electron chi connectivity index (χ0n) is 11.2. The van der Waals surface area contributed by atoms with Gasteiger partial charge in [0.2, 0.25) is 0 Å². The molecule has 2 heterocycles. The Balaban J connectivity index is 1.55. The summed E-state index contributed by atoms with van der Waals surface area (Å²) in [6.45, 7) is 6.90. The lowest BCUT2D eigenvalue weighted by molar-refractivity contribution is -0.101. The number of hydrogen-bond donors (Lipinski definition) is 1. The molecule has 0 spiro atoms. The molecule has 0 saturated carbocycles. The highest BCUT2D eigenvalue weighted by Gasteiger charge is 2.24. The van der Waals surface area contributed by atoms with Gasteiger partial charge in [-0.05, 0) is 38.1 Å². The SMILES string of the molecule is CC1CC(OCCNCc2cccs2)CC(C)O1. The molecular formula is C14H23NO2S. The second kappa shape index (κ2) is 7.24. The first-order valence-electron chi connectivity index (χ1n) is 6.74. The summed E-state index contributed by atoms with van der Waals surface area (Å²) in [5, 5.41) is 5.51. The third-order valence-corrected chi connectivity index (χ3v) is 4.04. The van der Waals surface area contributed by atoms with Gasteiger partial charge < -0.3 is 14.8 Å². The summed E-state index contributed by atoms with van der Waals surface area (Å²) in [5.74, 6) is 0. The molecule has 1 saturated heterocycles. The highest BCUT2D eigenvalue weighted by atomic mass is 32.1. The van der Waals surface area contributed by atoms with Crippen molar-refractivity contribution in [1.29, 1.82) is 0 Å². The van der Waals surface area contributed by atoms with Crippen molar-refractivity contribution in [2.24, 2.45) is 0 Å². The van der Waals surface area contributed by atoms with Crippen molar-refractivity contribution in [1.82, 2.24) is 5.32 Å². The molecule has 0 bridgehead atoms. The Hall–Kier alpha value is -0.420. The molecule has 0 aliphatic carbocycles. The minimum Gasteiger partial charge on any atom is -0.377 e. The summed E-state index contributed by atoms with van der Waals surface area (Å²) in [5.41, 5.74) is 0. The molecule has 1 aromatic heterocycles. The van der Waals surface area contributed by atoms with Crippen LogP contribution >= 0.6 is 11.3 Å². The minimum atomic E-state index is 0.331. The topological polar surface area (TPSA) is 30.5 Å². The Kier molecular flexibility index (Phi) is 5.63. The standard InChI is InChI=1S/C14H23NO2S/c1-11-8-13(9-12(2)17-11)16-6-5-15-10-14-4-3-7-18-14/h3-4,7,11-13,15H,5-6,8-10H2,1-2H3. The van der Waals surface area contributed by atoms with Crippen LogP contribution in [0, 0.1) is 0 Å². The van der Waals surface area contributed by atoms with Crippen LogP contribution in [-0.4, -0.2) is 31.5 Å². The van der Waals surface area contributed by atoms with Crippen molar-refractivity contribution in [3.63, 3.8) is 0 Å². The lowest BCUT2D eigenvalue weighted by atomic mass is 10.0. The van der Waals surface area contributed by atoms with E-state index >= 15 is 0 Å². The maximum absolute atomic E-state index is 5.90. The van der Waals surface area contributed by atoms with Gasteiger partial charge in [0.05, 0.1) is 24.9 Å². The van der Waals surface area contributed by atoms with E-state index in [-0.39, 0.29) is 0 Å². The molecule has 1 aliphatic rings. The molecule has 4 heteroatoms. The molecule has 0 radical (unpaired) electrons.